The quantitative estimate of drug-likeness (QED) is 0.385. The maximum absolute atomic E-state index is 12.7. The summed E-state index contributed by atoms with van der Waals surface area (Å²) in [4.78, 5) is 32.6. The van der Waals surface area contributed by atoms with Crippen molar-refractivity contribution < 1.29 is 19.4 Å². The third-order valence-corrected chi connectivity index (χ3v) is 4.81. The number of ether oxygens (including phenoxy) is 1. The molecule has 0 saturated carbocycles. The number of amides is 1. The average Bonchev–Trinajstić information content (AvgIpc) is 2.97. The van der Waals surface area contributed by atoms with Crippen molar-refractivity contribution in [3.63, 3.8) is 0 Å². The van der Waals surface area contributed by atoms with Crippen LogP contribution >= 0.6 is 11.3 Å². The monoisotopic (exact) mass is 355 g/mol. The van der Waals surface area contributed by atoms with E-state index >= 15 is 0 Å². The molecule has 0 bridgehead atoms. The standard InChI is InChI=1S/C13H19N5O2S.CH2O2/c14-12(15)17-13-16-10-8(2-1-3-9(10)21-13)11(19)18-4-6-20-7-5-18;2-1-3/h8H,1-7H2,(H4,14,15,16,17);1H,(H,2,3)/t8-;/m0./s1. The summed E-state index contributed by atoms with van der Waals surface area (Å²) in [5.74, 6) is -0.0102. The highest BCUT2D eigenvalue weighted by molar-refractivity contribution is 7.15. The van der Waals surface area contributed by atoms with Gasteiger partial charge in [0.15, 0.2) is 5.96 Å². The molecule has 5 N–H and O–H groups in total. The lowest BCUT2D eigenvalue weighted by Gasteiger charge is -2.31. The number of carbonyl (C=O) groups is 2. The highest BCUT2D eigenvalue weighted by Crippen LogP contribution is 2.38. The molecule has 1 saturated heterocycles. The number of rotatable bonds is 2. The van der Waals surface area contributed by atoms with E-state index in [0.717, 1.165) is 29.8 Å². The van der Waals surface area contributed by atoms with Crippen molar-refractivity contribution in [1.82, 2.24) is 9.88 Å². The molecular formula is C14H21N5O4S. The molecule has 10 heteroatoms. The van der Waals surface area contributed by atoms with Gasteiger partial charge in [0.25, 0.3) is 6.47 Å². The molecule has 2 heterocycles. The molecule has 1 fully saturated rings. The number of nitrogens with zero attached hydrogens (tertiary/aromatic N) is 3. The van der Waals surface area contributed by atoms with Crippen molar-refractivity contribution in [1.29, 1.82) is 0 Å². The average molecular weight is 355 g/mol. The number of carboxylic acid groups (broad SMARTS) is 1. The Morgan fingerprint density at radius 2 is 2.08 bits per heavy atom. The number of morpholine rings is 1. The van der Waals surface area contributed by atoms with Crippen molar-refractivity contribution in [3.05, 3.63) is 10.6 Å². The molecule has 1 amide bonds. The number of nitrogens with two attached hydrogens (primary N) is 2. The fourth-order valence-corrected chi connectivity index (χ4v) is 3.86. The summed E-state index contributed by atoms with van der Waals surface area (Å²) in [7, 11) is 0. The molecule has 0 radical (unpaired) electrons. The smallest absolute Gasteiger partial charge is 0.290 e. The number of thiazole rings is 1. The zero-order valence-electron chi connectivity index (χ0n) is 13.2. The van der Waals surface area contributed by atoms with Gasteiger partial charge >= 0.3 is 0 Å². The number of fused-ring (bicyclic) bond motifs is 1. The summed E-state index contributed by atoms with van der Waals surface area (Å²) < 4.78 is 5.30. The molecule has 3 rings (SSSR count). The fraction of sp³-hybridized carbons (Fsp3) is 0.571. The fourth-order valence-electron chi connectivity index (χ4n) is 2.81. The van der Waals surface area contributed by atoms with Gasteiger partial charge < -0.3 is 26.2 Å². The van der Waals surface area contributed by atoms with E-state index in [2.05, 4.69) is 9.98 Å². The van der Waals surface area contributed by atoms with Crippen molar-refractivity contribution in [3.8, 4) is 0 Å². The number of carbonyl (C=O) groups excluding carboxylic acids is 1. The molecule has 24 heavy (non-hydrogen) atoms. The van der Waals surface area contributed by atoms with Gasteiger partial charge in [-0.05, 0) is 19.3 Å². The Kier molecular flexibility index (Phi) is 6.50. The molecule has 2 aliphatic rings. The van der Waals surface area contributed by atoms with Gasteiger partial charge in [-0.1, -0.05) is 11.3 Å². The van der Waals surface area contributed by atoms with E-state index < -0.39 is 0 Å². The largest absolute Gasteiger partial charge is 0.483 e. The van der Waals surface area contributed by atoms with Crippen LogP contribution in [0.2, 0.25) is 0 Å². The van der Waals surface area contributed by atoms with Crippen molar-refractivity contribution in [2.24, 2.45) is 16.5 Å². The number of aliphatic imine (C=N–C) groups is 1. The van der Waals surface area contributed by atoms with E-state index in [1.807, 2.05) is 4.90 Å². The first kappa shape index (κ1) is 18.1. The number of aryl methyl sites for hydroxylation is 1. The van der Waals surface area contributed by atoms with E-state index in [4.69, 9.17) is 26.1 Å². The normalized spacial score (nSPS) is 19.5. The molecule has 1 aliphatic carbocycles. The minimum absolute atomic E-state index is 0.00264. The van der Waals surface area contributed by atoms with E-state index in [-0.39, 0.29) is 24.3 Å². The molecule has 0 spiro atoms. The summed E-state index contributed by atoms with van der Waals surface area (Å²) in [5, 5.41) is 7.43. The third-order valence-electron chi connectivity index (χ3n) is 3.79. The lowest BCUT2D eigenvalue weighted by Crippen LogP contribution is -2.43. The second-order valence-electron chi connectivity index (χ2n) is 5.33. The lowest BCUT2D eigenvalue weighted by atomic mass is 9.90. The molecule has 132 valence electrons. The highest BCUT2D eigenvalue weighted by atomic mass is 32.1. The Morgan fingerprint density at radius 1 is 1.42 bits per heavy atom. The number of aromatic nitrogens is 1. The minimum Gasteiger partial charge on any atom is -0.483 e. The van der Waals surface area contributed by atoms with Crippen molar-refractivity contribution >= 4 is 34.8 Å². The van der Waals surface area contributed by atoms with Crippen LogP contribution in [-0.4, -0.2) is 59.6 Å². The second-order valence-corrected chi connectivity index (χ2v) is 6.39. The van der Waals surface area contributed by atoms with Crippen LogP contribution in [0.5, 0.6) is 0 Å². The zero-order valence-corrected chi connectivity index (χ0v) is 14.0. The van der Waals surface area contributed by atoms with Gasteiger partial charge in [-0.3, -0.25) is 9.59 Å². The zero-order chi connectivity index (χ0) is 17.5. The highest BCUT2D eigenvalue weighted by Gasteiger charge is 2.33. The Labute approximate surface area is 143 Å². The summed E-state index contributed by atoms with van der Waals surface area (Å²) >= 11 is 1.48. The van der Waals surface area contributed by atoms with Crippen LogP contribution in [0, 0.1) is 0 Å². The molecule has 1 aliphatic heterocycles. The number of hydrogen-bond donors (Lipinski definition) is 3. The van der Waals surface area contributed by atoms with Gasteiger partial charge in [0.05, 0.1) is 24.8 Å². The van der Waals surface area contributed by atoms with Crippen LogP contribution in [0.1, 0.15) is 29.3 Å². The maximum atomic E-state index is 12.7. The van der Waals surface area contributed by atoms with Gasteiger partial charge in [0.1, 0.15) is 0 Å². The number of hydrogen-bond acceptors (Lipinski definition) is 6. The number of guanidine groups is 1. The predicted molar refractivity (Wildman–Crippen MR) is 89.4 cm³/mol. The van der Waals surface area contributed by atoms with E-state index in [0.29, 0.717) is 31.4 Å². The van der Waals surface area contributed by atoms with Gasteiger partial charge in [-0.25, -0.2) is 4.98 Å². The van der Waals surface area contributed by atoms with Crippen LogP contribution < -0.4 is 11.5 Å². The van der Waals surface area contributed by atoms with Crippen LogP contribution in [0.25, 0.3) is 0 Å². The Bertz CT molecular complexity index is 608. The topological polar surface area (TPSA) is 144 Å². The SMILES string of the molecule is NC(N)=Nc1nc2c(s1)CCC[C@@H]2C(=O)N1CCOCC1.O=CO. The van der Waals surface area contributed by atoms with Gasteiger partial charge in [0.2, 0.25) is 11.0 Å². The third kappa shape index (κ3) is 4.42. The Balaban J connectivity index is 0.000000647. The minimum atomic E-state index is -0.250. The van der Waals surface area contributed by atoms with Gasteiger partial charge in [0, 0.05) is 18.0 Å². The molecular weight excluding hydrogens is 334 g/mol. The van der Waals surface area contributed by atoms with Gasteiger partial charge in [-0.15, -0.1) is 0 Å². The maximum Gasteiger partial charge on any atom is 0.290 e. The molecule has 1 aromatic heterocycles. The second kappa shape index (κ2) is 8.60. The van der Waals surface area contributed by atoms with E-state index in [9.17, 15) is 4.79 Å². The first-order chi connectivity index (χ1) is 11.6. The molecule has 0 aromatic carbocycles. The Hall–Kier alpha value is -2.20. The van der Waals surface area contributed by atoms with Gasteiger partial charge in [-0.2, -0.15) is 4.99 Å². The first-order valence-electron chi connectivity index (χ1n) is 7.60. The summed E-state index contributed by atoms with van der Waals surface area (Å²) in [6.45, 7) is 2.30. The van der Waals surface area contributed by atoms with E-state index in [1.54, 1.807) is 0 Å². The Morgan fingerprint density at radius 3 is 2.71 bits per heavy atom. The lowest BCUT2D eigenvalue weighted by molar-refractivity contribution is -0.137. The molecule has 1 atom stereocenters. The van der Waals surface area contributed by atoms with Crippen LogP contribution in [0.15, 0.2) is 4.99 Å². The summed E-state index contributed by atoms with van der Waals surface area (Å²) in [5.41, 5.74) is 11.7. The van der Waals surface area contributed by atoms with Crippen molar-refractivity contribution in [2.75, 3.05) is 26.3 Å². The molecule has 9 nitrogen and oxygen atoms in total. The van der Waals surface area contributed by atoms with Crippen LogP contribution in [0.3, 0.4) is 0 Å². The van der Waals surface area contributed by atoms with Crippen LogP contribution in [-0.2, 0) is 20.7 Å². The molecule has 0 unspecified atom stereocenters. The van der Waals surface area contributed by atoms with Crippen molar-refractivity contribution in [2.45, 2.75) is 25.2 Å². The predicted octanol–water partition coefficient (Wildman–Crippen LogP) is 0.0275. The summed E-state index contributed by atoms with van der Waals surface area (Å²) in [6.07, 6.45) is 2.78. The van der Waals surface area contributed by atoms with Crippen LogP contribution in [0.4, 0.5) is 5.13 Å². The first-order valence-corrected chi connectivity index (χ1v) is 8.42. The van der Waals surface area contributed by atoms with E-state index in [1.165, 1.54) is 11.3 Å². The summed E-state index contributed by atoms with van der Waals surface area (Å²) in [6, 6.07) is 0. The molecule has 1 aromatic rings.